The van der Waals surface area contributed by atoms with Crippen LogP contribution < -0.4 is 5.32 Å². The van der Waals surface area contributed by atoms with Gasteiger partial charge in [0.1, 0.15) is 12.1 Å². The zero-order valence-electron chi connectivity index (χ0n) is 36.7. The molecule has 1 aromatic heterocycles. The number of ether oxygens (including phenoxy) is 1. The first-order chi connectivity index (χ1) is 29.3. The molecule has 1 aromatic carbocycles. The van der Waals surface area contributed by atoms with Crippen molar-refractivity contribution in [3.05, 3.63) is 34.7 Å². The minimum absolute atomic E-state index is 0.00200. The summed E-state index contributed by atoms with van der Waals surface area (Å²) < 4.78 is 32.2. The van der Waals surface area contributed by atoms with Gasteiger partial charge >= 0.3 is 7.60 Å². The van der Waals surface area contributed by atoms with E-state index in [9.17, 15) is 33.3 Å². The summed E-state index contributed by atoms with van der Waals surface area (Å²) in [7, 11) is -3.73. The highest BCUT2D eigenvalue weighted by molar-refractivity contribution is 8.14. The van der Waals surface area contributed by atoms with Crippen LogP contribution >= 0.6 is 42.5 Å². The molecule has 4 aliphatic heterocycles. The number of morpholine rings is 1. The van der Waals surface area contributed by atoms with Gasteiger partial charge in [0.05, 0.1) is 43.4 Å². The highest BCUT2D eigenvalue weighted by atomic mass is 32.2. The van der Waals surface area contributed by atoms with Crippen LogP contribution in [0, 0.1) is 28.6 Å². The van der Waals surface area contributed by atoms with Gasteiger partial charge in [0.15, 0.2) is 10.2 Å². The molecule has 4 saturated heterocycles. The van der Waals surface area contributed by atoms with Crippen LogP contribution in [0.5, 0.6) is 0 Å². The van der Waals surface area contributed by atoms with Gasteiger partial charge in [0, 0.05) is 59.3 Å². The Bertz CT molecular complexity index is 2050. The third-order valence-corrected chi connectivity index (χ3v) is 17.8. The van der Waals surface area contributed by atoms with Crippen molar-refractivity contribution < 1.29 is 47.1 Å². The van der Waals surface area contributed by atoms with E-state index in [1.54, 1.807) is 15.9 Å². The number of likely N-dealkylation sites (tertiary alicyclic amines) is 1. The Morgan fingerprint density at radius 3 is 2.10 bits per heavy atom. The maximum Gasteiger partial charge on any atom is 0.335 e. The average Bonchev–Trinajstić information content (AvgIpc) is 3.55. The van der Waals surface area contributed by atoms with Crippen LogP contribution in [0.3, 0.4) is 0 Å². The van der Waals surface area contributed by atoms with Gasteiger partial charge in [-0.2, -0.15) is 0 Å². The number of benzene rings is 1. The van der Waals surface area contributed by atoms with Crippen molar-refractivity contribution in [3.8, 4) is 0 Å². The summed E-state index contributed by atoms with van der Waals surface area (Å²) in [6.07, 6.45) is 3.66. The molecule has 14 nitrogen and oxygen atoms in total. The second-order valence-electron chi connectivity index (χ2n) is 19.3. The van der Waals surface area contributed by atoms with E-state index in [-0.39, 0.29) is 65.2 Å². The van der Waals surface area contributed by atoms with Crippen LogP contribution in [-0.2, 0) is 48.5 Å². The SMILES string of the molecule is CC(C)(C)C(=O)SCCOP(=O)(Cc1ccc2sc(C(=O)N[C@H]3C[C@@H]4C[C@@H]4C[C@H]4CC[C@@H](C(=O)N5CC(C(=O)N6CCOCC6)C5)N4C3=O)cc2c1)OCCSC(=O)C(C)(C)C. The number of amides is 4. The highest BCUT2D eigenvalue weighted by Gasteiger charge is 2.53. The Balaban J connectivity index is 0.992. The largest absolute Gasteiger partial charge is 0.378 e. The number of hydrogen-bond acceptors (Lipinski definition) is 13. The molecular weight excluding hydrogens is 872 g/mol. The maximum atomic E-state index is 14.4. The predicted molar refractivity (Wildman–Crippen MR) is 242 cm³/mol. The molecule has 4 amide bonds. The first-order valence-corrected chi connectivity index (χ1v) is 26.3. The van der Waals surface area contributed by atoms with Crippen LogP contribution in [-0.4, -0.2) is 131 Å². The van der Waals surface area contributed by atoms with Crippen molar-refractivity contribution in [2.45, 2.75) is 97.9 Å². The van der Waals surface area contributed by atoms with Gasteiger partial charge in [-0.05, 0) is 73.1 Å². The van der Waals surface area contributed by atoms with E-state index in [1.807, 2.05) is 64.6 Å². The number of hydrogen-bond donors (Lipinski definition) is 1. The lowest BCUT2D eigenvalue weighted by Crippen LogP contribution is -2.62. The molecule has 5 atom stereocenters. The van der Waals surface area contributed by atoms with Gasteiger partial charge in [0.2, 0.25) is 17.7 Å². The van der Waals surface area contributed by atoms with E-state index >= 15 is 0 Å². The lowest BCUT2D eigenvalue weighted by Gasteiger charge is -2.44. The van der Waals surface area contributed by atoms with Crippen molar-refractivity contribution in [1.29, 1.82) is 0 Å². The molecule has 5 heterocycles. The Labute approximate surface area is 377 Å². The summed E-state index contributed by atoms with van der Waals surface area (Å²) in [6, 6.07) is 5.88. The quantitative estimate of drug-likeness (QED) is 0.163. The van der Waals surface area contributed by atoms with Crippen molar-refractivity contribution >= 4 is 86.4 Å². The van der Waals surface area contributed by atoms with Crippen LogP contribution in [0.1, 0.15) is 88.9 Å². The fourth-order valence-electron chi connectivity index (χ4n) is 8.64. The van der Waals surface area contributed by atoms with Gasteiger partial charge in [-0.15, -0.1) is 11.3 Å². The summed E-state index contributed by atoms with van der Waals surface area (Å²) in [4.78, 5) is 85.9. The lowest BCUT2D eigenvalue weighted by atomic mass is 9.96. The molecule has 1 N–H and O–H groups in total. The first-order valence-electron chi connectivity index (χ1n) is 21.8. The molecule has 2 aromatic rings. The monoisotopic (exact) mass is 932 g/mol. The topological polar surface area (TPSA) is 169 Å². The van der Waals surface area contributed by atoms with E-state index in [1.165, 1.54) is 11.3 Å². The Morgan fingerprint density at radius 1 is 0.839 bits per heavy atom. The molecule has 0 unspecified atom stereocenters. The van der Waals surface area contributed by atoms with Crippen molar-refractivity contribution in [3.63, 3.8) is 0 Å². The van der Waals surface area contributed by atoms with E-state index in [0.717, 1.165) is 52.9 Å². The molecule has 5 aliphatic rings. The summed E-state index contributed by atoms with van der Waals surface area (Å²) in [5, 5.41) is 3.83. The highest BCUT2D eigenvalue weighted by Crippen LogP contribution is 2.52. The second-order valence-corrected chi connectivity index (χ2v) is 24.6. The van der Waals surface area contributed by atoms with Crippen molar-refractivity contribution in [2.24, 2.45) is 28.6 Å². The zero-order chi connectivity index (χ0) is 44.6. The van der Waals surface area contributed by atoms with Crippen LogP contribution in [0.25, 0.3) is 10.1 Å². The van der Waals surface area contributed by atoms with E-state index < -0.39 is 30.5 Å². The van der Waals surface area contributed by atoms with Crippen LogP contribution in [0.2, 0.25) is 0 Å². The number of fused-ring (bicyclic) bond motifs is 3. The van der Waals surface area contributed by atoms with Gasteiger partial charge in [-0.1, -0.05) is 71.1 Å². The summed E-state index contributed by atoms with van der Waals surface area (Å²) in [6.45, 7) is 14.0. The number of carbonyl (C=O) groups is 6. The van der Waals surface area contributed by atoms with E-state index in [4.69, 9.17) is 13.8 Å². The summed E-state index contributed by atoms with van der Waals surface area (Å²) in [5.74, 6) is 0.549. The van der Waals surface area contributed by atoms with Gasteiger partial charge in [0.25, 0.3) is 5.91 Å². The molecule has 1 aliphatic carbocycles. The summed E-state index contributed by atoms with van der Waals surface area (Å²) >= 11 is 3.55. The minimum atomic E-state index is -3.73. The van der Waals surface area contributed by atoms with Crippen LogP contribution in [0.4, 0.5) is 0 Å². The number of nitrogens with zero attached hydrogens (tertiary/aromatic N) is 3. The van der Waals surface area contributed by atoms with E-state index in [2.05, 4.69) is 5.32 Å². The zero-order valence-corrected chi connectivity index (χ0v) is 40.0. The Hall–Kier alpha value is -2.79. The number of nitrogens with one attached hydrogen (secondary N) is 1. The number of carbonyl (C=O) groups excluding carboxylic acids is 6. The Kier molecular flexibility index (Phi) is 14.7. The van der Waals surface area contributed by atoms with Gasteiger partial charge in [-0.25, -0.2) is 0 Å². The minimum Gasteiger partial charge on any atom is -0.378 e. The fraction of sp³-hybridized carbons (Fsp3) is 0.682. The van der Waals surface area contributed by atoms with E-state index in [0.29, 0.717) is 86.0 Å². The summed E-state index contributed by atoms with van der Waals surface area (Å²) in [5.41, 5.74) is -0.372. The molecule has 1 saturated carbocycles. The van der Waals surface area contributed by atoms with Crippen molar-refractivity contribution in [1.82, 2.24) is 20.0 Å². The van der Waals surface area contributed by atoms with Crippen molar-refractivity contribution in [2.75, 3.05) is 64.1 Å². The maximum absolute atomic E-state index is 14.4. The molecule has 0 spiro atoms. The second kappa shape index (κ2) is 19.4. The molecular formula is C44H61N4O10PS3. The van der Waals surface area contributed by atoms with Crippen LogP contribution in [0.15, 0.2) is 24.3 Å². The molecule has 340 valence electrons. The molecule has 5 fully saturated rings. The molecule has 18 heteroatoms. The predicted octanol–water partition coefficient (Wildman–Crippen LogP) is 6.44. The average molecular weight is 933 g/mol. The Morgan fingerprint density at radius 2 is 1.47 bits per heavy atom. The molecule has 0 bridgehead atoms. The molecule has 7 rings (SSSR count). The number of rotatable bonds is 14. The molecule has 62 heavy (non-hydrogen) atoms. The first kappa shape index (κ1) is 47.2. The smallest absolute Gasteiger partial charge is 0.335 e. The normalized spacial score (nSPS) is 24.5. The third kappa shape index (κ3) is 11.3. The standard InChI is InChI=1S/C44H61N4O10PS3/c1-43(2,3)41(53)60-17-15-57-59(55,58-16-18-61-42(54)44(4,5)6)26-27-7-10-35-30(19-27)23-36(62-35)37(49)45-33-22-29-20-28(29)21-32-8-9-34(48(32)39(33)51)40(52)47-24-31(25-47)38(50)46-11-13-56-14-12-46/h7,10,19,23,28-29,31-34H,8-9,11-18,20-22,24-26H2,1-6H3,(H,45,49)/t28-,29+,32-,33+,34+/m1/s1. The fourth-order valence-corrected chi connectivity index (χ4v) is 13.0. The molecule has 0 radical (unpaired) electrons. The lowest BCUT2D eigenvalue weighted by molar-refractivity contribution is -0.156. The number of thioether (sulfide) groups is 2. The third-order valence-electron chi connectivity index (χ3n) is 12.3. The van der Waals surface area contributed by atoms with Gasteiger partial charge in [-0.3, -0.25) is 33.3 Å². The van der Waals surface area contributed by atoms with Gasteiger partial charge < -0.3 is 33.8 Å². The number of thiophene rings is 1.